The molecule has 0 aliphatic carbocycles. The fourth-order valence-electron chi connectivity index (χ4n) is 2.24. The molecule has 5 nitrogen and oxygen atoms in total. The van der Waals surface area contributed by atoms with Gasteiger partial charge in [-0.05, 0) is 37.0 Å². The van der Waals surface area contributed by atoms with Crippen LogP contribution in [-0.4, -0.2) is 25.8 Å². The Kier molecular flexibility index (Phi) is 4.26. The molecule has 0 saturated carbocycles. The number of hydrogen-bond acceptors (Lipinski definition) is 3. The zero-order chi connectivity index (χ0) is 14.8. The largest absolute Gasteiger partial charge is 0.301 e. The van der Waals surface area contributed by atoms with Crippen molar-refractivity contribution < 1.29 is 12.8 Å². The minimum atomic E-state index is -3.75. The Balaban J connectivity index is 2.18. The topological polar surface area (TPSA) is 73.2 Å². The van der Waals surface area contributed by atoms with Gasteiger partial charge >= 0.3 is 10.2 Å². The second kappa shape index (κ2) is 5.77. The third-order valence-corrected chi connectivity index (χ3v) is 4.79. The Labute approximate surface area is 118 Å². The van der Waals surface area contributed by atoms with Crippen LogP contribution >= 0.6 is 0 Å². The van der Waals surface area contributed by atoms with E-state index in [9.17, 15) is 12.8 Å². The van der Waals surface area contributed by atoms with Gasteiger partial charge in [0, 0.05) is 13.1 Å². The first kappa shape index (κ1) is 14.8. The molecule has 1 unspecified atom stereocenters. The summed E-state index contributed by atoms with van der Waals surface area (Å²) in [6.45, 7) is 2.87. The molecule has 2 rings (SSSR count). The molecule has 0 amide bonds. The summed E-state index contributed by atoms with van der Waals surface area (Å²) in [4.78, 5) is 0. The van der Waals surface area contributed by atoms with E-state index in [0.717, 1.165) is 18.9 Å². The molecule has 108 valence electrons. The van der Waals surface area contributed by atoms with Gasteiger partial charge in [0.15, 0.2) is 0 Å². The molecule has 1 aromatic carbocycles. The van der Waals surface area contributed by atoms with Crippen molar-refractivity contribution in [3.8, 4) is 6.07 Å². The highest BCUT2D eigenvalue weighted by Gasteiger charge is 2.27. The summed E-state index contributed by atoms with van der Waals surface area (Å²) in [7, 11) is -3.75. The van der Waals surface area contributed by atoms with Gasteiger partial charge in [-0.15, -0.1) is 0 Å². The van der Waals surface area contributed by atoms with Crippen LogP contribution in [-0.2, 0) is 10.2 Å². The highest BCUT2D eigenvalue weighted by molar-refractivity contribution is 7.90. The molecule has 7 heteroatoms. The zero-order valence-electron chi connectivity index (χ0n) is 11.1. The number of hydrogen-bond donors (Lipinski definition) is 1. The van der Waals surface area contributed by atoms with Gasteiger partial charge in [0.25, 0.3) is 0 Å². The van der Waals surface area contributed by atoms with E-state index in [0.29, 0.717) is 19.0 Å². The molecule has 1 aliphatic heterocycles. The van der Waals surface area contributed by atoms with Gasteiger partial charge in [0.05, 0.1) is 17.3 Å². The first-order valence-electron chi connectivity index (χ1n) is 6.40. The average molecular weight is 297 g/mol. The molecule has 1 aromatic rings. The van der Waals surface area contributed by atoms with Crippen molar-refractivity contribution in [2.24, 2.45) is 5.92 Å². The van der Waals surface area contributed by atoms with E-state index >= 15 is 0 Å². The fraction of sp³-hybridized carbons (Fsp3) is 0.462. The standard InChI is InChI=1S/C13H16FN3O2S/c1-10-3-2-6-17(9-10)20(18,19)16-13-5-4-11(8-15)7-12(13)14/h4-5,7,10,16H,2-3,6,9H2,1H3. The van der Waals surface area contributed by atoms with Crippen LogP contribution in [0.5, 0.6) is 0 Å². The maximum atomic E-state index is 13.7. The van der Waals surface area contributed by atoms with Crippen LogP contribution in [0.1, 0.15) is 25.3 Å². The Hall–Kier alpha value is -1.65. The van der Waals surface area contributed by atoms with E-state index < -0.39 is 16.0 Å². The third-order valence-electron chi connectivity index (χ3n) is 3.30. The van der Waals surface area contributed by atoms with E-state index in [1.165, 1.54) is 16.4 Å². The van der Waals surface area contributed by atoms with E-state index in [2.05, 4.69) is 4.72 Å². The molecule has 0 aromatic heterocycles. The molecule has 1 N–H and O–H groups in total. The minimum absolute atomic E-state index is 0.137. The lowest BCUT2D eigenvalue weighted by Crippen LogP contribution is -2.42. The van der Waals surface area contributed by atoms with Crippen LogP contribution in [0.15, 0.2) is 18.2 Å². The summed E-state index contributed by atoms with van der Waals surface area (Å²) in [6, 6.07) is 5.45. The van der Waals surface area contributed by atoms with Crippen molar-refractivity contribution in [1.29, 1.82) is 5.26 Å². The van der Waals surface area contributed by atoms with E-state index in [1.54, 1.807) is 6.07 Å². The first-order chi connectivity index (χ1) is 9.42. The van der Waals surface area contributed by atoms with Gasteiger partial charge in [0.2, 0.25) is 0 Å². The monoisotopic (exact) mass is 297 g/mol. The molecule has 20 heavy (non-hydrogen) atoms. The Bertz CT molecular complexity index is 640. The predicted molar refractivity (Wildman–Crippen MR) is 73.6 cm³/mol. The maximum Gasteiger partial charge on any atom is 0.301 e. The van der Waals surface area contributed by atoms with E-state index in [-0.39, 0.29) is 11.3 Å². The third kappa shape index (κ3) is 3.26. The number of nitriles is 1. The first-order valence-corrected chi connectivity index (χ1v) is 7.84. The normalized spacial score (nSPS) is 20.4. The minimum Gasteiger partial charge on any atom is -0.268 e. The van der Waals surface area contributed by atoms with Crippen molar-refractivity contribution in [1.82, 2.24) is 4.31 Å². The van der Waals surface area contributed by atoms with Crippen LogP contribution in [0.25, 0.3) is 0 Å². The van der Waals surface area contributed by atoms with Crippen LogP contribution in [0.3, 0.4) is 0 Å². The summed E-state index contributed by atoms with van der Waals surface area (Å²) in [5.41, 5.74) is 0.0132. The van der Waals surface area contributed by atoms with Gasteiger partial charge < -0.3 is 0 Å². The van der Waals surface area contributed by atoms with Crippen molar-refractivity contribution in [3.05, 3.63) is 29.6 Å². The van der Waals surface area contributed by atoms with Gasteiger partial charge in [-0.25, -0.2) is 4.39 Å². The van der Waals surface area contributed by atoms with Crippen LogP contribution in [0.4, 0.5) is 10.1 Å². The zero-order valence-corrected chi connectivity index (χ0v) is 12.0. The smallest absolute Gasteiger partial charge is 0.268 e. The second-order valence-corrected chi connectivity index (χ2v) is 6.69. The number of nitrogens with one attached hydrogen (secondary N) is 1. The molecule has 0 radical (unpaired) electrons. The lowest BCUT2D eigenvalue weighted by molar-refractivity contribution is 0.282. The van der Waals surface area contributed by atoms with Gasteiger partial charge in [-0.2, -0.15) is 18.0 Å². The second-order valence-electron chi connectivity index (χ2n) is 5.02. The number of benzene rings is 1. The number of halogens is 1. The van der Waals surface area contributed by atoms with Crippen LogP contribution in [0, 0.1) is 23.1 Å². The highest BCUT2D eigenvalue weighted by atomic mass is 32.2. The summed E-state index contributed by atoms with van der Waals surface area (Å²) >= 11 is 0. The molecule has 1 heterocycles. The Morgan fingerprint density at radius 1 is 1.50 bits per heavy atom. The molecular weight excluding hydrogens is 281 g/mol. The van der Waals surface area contributed by atoms with Gasteiger partial charge in [-0.3, -0.25) is 4.72 Å². The van der Waals surface area contributed by atoms with Gasteiger partial charge in [0.1, 0.15) is 5.82 Å². The fourth-order valence-corrected chi connectivity index (χ4v) is 3.63. The predicted octanol–water partition coefficient (Wildman–Crippen LogP) is 2.09. The van der Waals surface area contributed by atoms with Crippen molar-refractivity contribution >= 4 is 15.9 Å². The Morgan fingerprint density at radius 3 is 2.85 bits per heavy atom. The van der Waals surface area contributed by atoms with E-state index in [4.69, 9.17) is 5.26 Å². The van der Waals surface area contributed by atoms with Crippen molar-refractivity contribution in [2.75, 3.05) is 17.8 Å². The molecule has 0 spiro atoms. The lowest BCUT2D eigenvalue weighted by atomic mass is 10.0. The maximum absolute atomic E-state index is 13.7. The average Bonchev–Trinajstić information content (AvgIpc) is 2.41. The van der Waals surface area contributed by atoms with Crippen molar-refractivity contribution in [3.63, 3.8) is 0 Å². The summed E-state index contributed by atoms with van der Waals surface area (Å²) in [5.74, 6) is -0.455. The van der Waals surface area contributed by atoms with Gasteiger partial charge in [-0.1, -0.05) is 6.92 Å². The molecule has 1 fully saturated rings. The molecular formula is C13H16FN3O2S. The molecule has 1 atom stereocenters. The van der Waals surface area contributed by atoms with Crippen molar-refractivity contribution in [2.45, 2.75) is 19.8 Å². The Morgan fingerprint density at radius 2 is 2.25 bits per heavy atom. The van der Waals surface area contributed by atoms with Crippen LogP contribution in [0.2, 0.25) is 0 Å². The SMILES string of the molecule is CC1CCCN(S(=O)(=O)Nc2ccc(C#N)cc2F)C1. The van der Waals surface area contributed by atoms with Crippen LogP contribution < -0.4 is 4.72 Å². The summed E-state index contributed by atoms with van der Waals surface area (Å²) in [5, 5.41) is 8.65. The molecule has 1 saturated heterocycles. The molecule has 1 aliphatic rings. The number of piperidine rings is 1. The highest BCUT2D eigenvalue weighted by Crippen LogP contribution is 2.22. The summed E-state index contributed by atoms with van der Waals surface area (Å²) in [6.07, 6.45) is 1.80. The van der Waals surface area contributed by atoms with E-state index in [1.807, 2.05) is 6.92 Å². The molecule has 0 bridgehead atoms. The number of nitrogens with zero attached hydrogens (tertiary/aromatic N) is 2. The quantitative estimate of drug-likeness (QED) is 0.928. The number of anilines is 1. The summed E-state index contributed by atoms with van der Waals surface area (Å²) < 4.78 is 41.7. The number of rotatable bonds is 3. The lowest BCUT2D eigenvalue weighted by Gasteiger charge is -2.30.